The summed E-state index contributed by atoms with van der Waals surface area (Å²) in [5, 5.41) is 8.80. The second kappa shape index (κ2) is 5.44. The predicted molar refractivity (Wildman–Crippen MR) is 66.1 cm³/mol. The smallest absolute Gasteiger partial charge is 0.338 e. The molecular formula is C13H17NO5. The maximum atomic E-state index is 12.2. The summed E-state index contributed by atoms with van der Waals surface area (Å²) in [5.74, 6) is -1.02. The number of carboxylic acids is 1. The van der Waals surface area contributed by atoms with E-state index in [9.17, 15) is 9.59 Å². The average molecular weight is 267 g/mol. The molecule has 0 radical (unpaired) electrons. The number of hydrogen-bond donors (Lipinski definition) is 1. The lowest BCUT2D eigenvalue weighted by atomic mass is 10.1. The Kier molecular flexibility index (Phi) is 3.90. The van der Waals surface area contributed by atoms with Crippen LogP contribution in [0, 0.1) is 5.92 Å². The summed E-state index contributed by atoms with van der Waals surface area (Å²) in [5.41, 5.74) is -0.0166. The molecule has 6 nitrogen and oxygen atoms in total. The number of amides is 1. The molecule has 1 aromatic rings. The number of carboxylic acid groups (broad SMARTS) is 1. The molecule has 1 N–H and O–H groups in total. The molecule has 1 saturated heterocycles. The summed E-state index contributed by atoms with van der Waals surface area (Å²) >= 11 is 0. The van der Waals surface area contributed by atoms with Gasteiger partial charge >= 0.3 is 5.97 Å². The molecule has 1 aromatic heterocycles. The summed E-state index contributed by atoms with van der Waals surface area (Å²) in [6, 6.07) is 1.25. The first kappa shape index (κ1) is 13.6. The van der Waals surface area contributed by atoms with Crippen LogP contribution in [0.15, 0.2) is 16.7 Å². The van der Waals surface area contributed by atoms with Gasteiger partial charge < -0.3 is 19.2 Å². The molecule has 0 aliphatic carbocycles. The van der Waals surface area contributed by atoms with Gasteiger partial charge in [0.25, 0.3) is 5.91 Å². The molecule has 6 heteroatoms. The van der Waals surface area contributed by atoms with Crippen molar-refractivity contribution in [1.29, 1.82) is 0 Å². The quantitative estimate of drug-likeness (QED) is 0.897. The fraction of sp³-hybridized carbons (Fsp3) is 0.538. The second-order valence-corrected chi connectivity index (χ2v) is 4.91. The normalized spacial score (nSPS) is 19.7. The Morgan fingerprint density at radius 3 is 2.79 bits per heavy atom. The van der Waals surface area contributed by atoms with Crippen molar-refractivity contribution in [3.05, 3.63) is 23.7 Å². The van der Waals surface area contributed by atoms with Gasteiger partial charge in [0.1, 0.15) is 6.26 Å². The maximum absolute atomic E-state index is 12.2. The monoisotopic (exact) mass is 267 g/mol. The number of ether oxygens (including phenoxy) is 1. The topological polar surface area (TPSA) is 80.0 Å². The first-order valence-electron chi connectivity index (χ1n) is 6.21. The van der Waals surface area contributed by atoms with E-state index >= 15 is 0 Å². The summed E-state index contributed by atoms with van der Waals surface area (Å²) < 4.78 is 10.6. The van der Waals surface area contributed by atoms with Gasteiger partial charge in [-0.1, -0.05) is 13.8 Å². The van der Waals surface area contributed by atoms with Crippen molar-refractivity contribution in [2.24, 2.45) is 5.92 Å². The van der Waals surface area contributed by atoms with Gasteiger partial charge in [-0.15, -0.1) is 0 Å². The lowest BCUT2D eigenvalue weighted by Gasteiger charge is -2.34. The molecule has 1 aliphatic heterocycles. The van der Waals surface area contributed by atoms with Crippen LogP contribution in [0.25, 0.3) is 0 Å². The Balaban J connectivity index is 2.08. The zero-order valence-electron chi connectivity index (χ0n) is 11.0. The molecule has 19 heavy (non-hydrogen) atoms. The third kappa shape index (κ3) is 2.96. The number of furan rings is 1. The number of carbonyl (C=O) groups is 2. The van der Waals surface area contributed by atoms with Crippen molar-refractivity contribution in [3.8, 4) is 0 Å². The van der Waals surface area contributed by atoms with Crippen LogP contribution < -0.4 is 0 Å². The Morgan fingerprint density at radius 2 is 2.21 bits per heavy atom. The standard InChI is InChI=1S/C13H17NO5/c1-8(2)11-6-14(3-4-18-11)12(15)10-5-9(7-19-10)13(16)17/h5,7-8,11H,3-4,6H2,1-2H3,(H,16,17). The van der Waals surface area contributed by atoms with Crippen LogP contribution in [0.4, 0.5) is 0 Å². The minimum Gasteiger partial charge on any atom is -0.478 e. The van der Waals surface area contributed by atoms with Gasteiger partial charge in [-0.2, -0.15) is 0 Å². The largest absolute Gasteiger partial charge is 0.478 e. The van der Waals surface area contributed by atoms with Crippen molar-refractivity contribution in [2.75, 3.05) is 19.7 Å². The van der Waals surface area contributed by atoms with Crippen molar-refractivity contribution in [1.82, 2.24) is 4.90 Å². The molecule has 0 aromatic carbocycles. The molecule has 0 saturated carbocycles. The number of morpholine rings is 1. The predicted octanol–water partition coefficient (Wildman–Crippen LogP) is 1.47. The second-order valence-electron chi connectivity index (χ2n) is 4.91. The summed E-state index contributed by atoms with van der Waals surface area (Å²) in [6.07, 6.45) is 1.09. The molecule has 1 atom stereocenters. The van der Waals surface area contributed by atoms with Crippen LogP contribution in [0.2, 0.25) is 0 Å². The zero-order chi connectivity index (χ0) is 14.0. The molecule has 0 bridgehead atoms. The molecule has 0 spiro atoms. The first-order valence-corrected chi connectivity index (χ1v) is 6.21. The summed E-state index contributed by atoms with van der Waals surface area (Å²) in [7, 11) is 0. The van der Waals surface area contributed by atoms with Crippen molar-refractivity contribution in [2.45, 2.75) is 20.0 Å². The summed E-state index contributed by atoms with van der Waals surface area (Å²) in [6.45, 7) is 5.55. The number of aromatic carboxylic acids is 1. The lowest BCUT2D eigenvalue weighted by molar-refractivity contribution is -0.0427. The SMILES string of the molecule is CC(C)C1CN(C(=O)c2cc(C(=O)O)co2)CCO1. The first-order chi connectivity index (χ1) is 8.99. The van der Waals surface area contributed by atoms with Crippen molar-refractivity contribution in [3.63, 3.8) is 0 Å². The van der Waals surface area contributed by atoms with E-state index in [0.717, 1.165) is 6.26 Å². The van der Waals surface area contributed by atoms with Gasteiger partial charge in [0.05, 0.1) is 18.3 Å². The number of hydrogen-bond acceptors (Lipinski definition) is 4. The molecule has 1 unspecified atom stereocenters. The Bertz CT molecular complexity index is 479. The highest BCUT2D eigenvalue weighted by molar-refractivity contribution is 5.95. The van der Waals surface area contributed by atoms with Gasteiger partial charge in [0, 0.05) is 19.2 Å². The van der Waals surface area contributed by atoms with Crippen molar-refractivity contribution < 1.29 is 23.8 Å². The third-order valence-electron chi connectivity index (χ3n) is 3.18. The van der Waals surface area contributed by atoms with Gasteiger partial charge in [0.2, 0.25) is 0 Å². The van der Waals surface area contributed by atoms with E-state index in [4.69, 9.17) is 14.3 Å². The lowest BCUT2D eigenvalue weighted by Crippen LogP contribution is -2.47. The van der Waals surface area contributed by atoms with Crippen LogP contribution in [-0.4, -0.2) is 47.7 Å². The molecule has 2 heterocycles. The fourth-order valence-electron chi connectivity index (χ4n) is 1.98. The van der Waals surface area contributed by atoms with E-state index in [0.29, 0.717) is 25.6 Å². The summed E-state index contributed by atoms with van der Waals surface area (Å²) in [4.78, 5) is 24.6. The van der Waals surface area contributed by atoms with Crippen LogP contribution >= 0.6 is 0 Å². The van der Waals surface area contributed by atoms with E-state index in [1.54, 1.807) is 4.90 Å². The van der Waals surface area contributed by atoms with Crippen LogP contribution in [0.1, 0.15) is 34.8 Å². The molecule has 1 fully saturated rings. The van der Waals surface area contributed by atoms with E-state index in [1.807, 2.05) is 13.8 Å². The van der Waals surface area contributed by atoms with Crippen LogP contribution in [0.3, 0.4) is 0 Å². The van der Waals surface area contributed by atoms with Gasteiger partial charge in [-0.05, 0) is 5.92 Å². The molecule has 1 amide bonds. The highest BCUT2D eigenvalue weighted by Gasteiger charge is 2.28. The number of rotatable bonds is 3. The Hall–Kier alpha value is -1.82. The Labute approximate surface area is 110 Å². The Morgan fingerprint density at radius 1 is 1.47 bits per heavy atom. The van der Waals surface area contributed by atoms with E-state index in [1.165, 1.54) is 6.07 Å². The average Bonchev–Trinajstić information content (AvgIpc) is 2.87. The third-order valence-corrected chi connectivity index (χ3v) is 3.18. The van der Waals surface area contributed by atoms with E-state index in [2.05, 4.69) is 0 Å². The highest BCUT2D eigenvalue weighted by Crippen LogP contribution is 2.17. The van der Waals surface area contributed by atoms with Crippen LogP contribution in [-0.2, 0) is 4.74 Å². The van der Waals surface area contributed by atoms with E-state index in [-0.39, 0.29) is 23.3 Å². The minimum atomic E-state index is -1.11. The maximum Gasteiger partial charge on any atom is 0.338 e. The van der Waals surface area contributed by atoms with Gasteiger partial charge in [-0.25, -0.2) is 4.79 Å². The number of carbonyl (C=O) groups excluding carboxylic acids is 1. The van der Waals surface area contributed by atoms with Gasteiger partial charge in [-0.3, -0.25) is 4.79 Å². The fourth-order valence-corrected chi connectivity index (χ4v) is 1.98. The van der Waals surface area contributed by atoms with Crippen molar-refractivity contribution >= 4 is 11.9 Å². The van der Waals surface area contributed by atoms with Gasteiger partial charge in [0.15, 0.2) is 5.76 Å². The molecule has 2 rings (SSSR count). The van der Waals surface area contributed by atoms with Crippen LogP contribution in [0.5, 0.6) is 0 Å². The number of nitrogens with zero attached hydrogens (tertiary/aromatic N) is 1. The molecule has 104 valence electrons. The highest BCUT2D eigenvalue weighted by atomic mass is 16.5. The minimum absolute atomic E-state index is 0.00612. The zero-order valence-corrected chi connectivity index (χ0v) is 11.0. The molecule has 1 aliphatic rings. The van der Waals surface area contributed by atoms with E-state index < -0.39 is 5.97 Å². The molecular weight excluding hydrogens is 250 g/mol.